The molecule has 0 aliphatic rings. The van der Waals surface area contributed by atoms with E-state index in [4.69, 9.17) is 16.3 Å². The lowest BCUT2D eigenvalue weighted by Crippen LogP contribution is -2.29. The molecule has 1 aromatic rings. The Kier molecular flexibility index (Phi) is 6.38. The molecule has 0 spiro atoms. The molecular formula is C14H22ClNO. The van der Waals surface area contributed by atoms with Gasteiger partial charge in [0, 0.05) is 11.6 Å². The molecule has 1 aromatic carbocycles. The molecule has 17 heavy (non-hydrogen) atoms. The molecule has 0 aliphatic carbocycles. The Hall–Kier alpha value is -0.730. The zero-order valence-corrected chi connectivity index (χ0v) is 11.7. The third-order valence-electron chi connectivity index (χ3n) is 2.62. The zero-order valence-electron chi connectivity index (χ0n) is 10.9. The van der Waals surface area contributed by atoms with Gasteiger partial charge in [-0.3, -0.25) is 0 Å². The van der Waals surface area contributed by atoms with Crippen LogP contribution in [-0.4, -0.2) is 19.2 Å². The maximum Gasteiger partial charge on any atom is 0.124 e. The van der Waals surface area contributed by atoms with Crippen LogP contribution in [0.3, 0.4) is 0 Å². The van der Waals surface area contributed by atoms with Crippen molar-refractivity contribution in [1.29, 1.82) is 0 Å². The van der Waals surface area contributed by atoms with Crippen molar-refractivity contribution in [2.75, 3.05) is 13.1 Å². The van der Waals surface area contributed by atoms with Gasteiger partial charge in [0.15, 0.2) is 0 Å². The van der Waals surface area contributed by atoms with Crippen LogP contribution in [0.5, 0.6) is 5.75 Å². The van der Waals surface area contributed by atoms with Crippen LogP contribution in [0, 0.1) is 6.92 Å². The van der Waals surface area contributed by atoms with Gasteiger partial charge in [0.25, 0.3) is 0 Å². The highest BCUT2D eigenvalue weighted by Gasteiger charge is 2.06. The van der Waals surface area contributed by atoms with Gasteiger partial charge in [-0.1, -0.05) is 31.0 Å². The molecule has 3 heteroatoms. The SMILES string of the molecule is CCCCNCC(C)Oc1cc(Cl)ccc1C. The van der Waals surface area contributed by atoms with Crippen molar-refractivity contribution < 1.29 is 4.74 Å². The van der Waals surface area contributed by atoms with Crippen molar-refractivity contribution in [2.24, 2.45) is 0 Å². The van der Waals surface area contributed by atoms with Crippen molar-refractivity contribution in [3.63, 3.8) is 0 Å². The van der Waals surface area contributed by atoms with Crippen LogP contribution >= 0.6 is 11.6 Å². The molecule has 0 aliphatic heterocycles. The minimum atomic E-state index is 0.157. The van der Waals surface area contributed by atoms with E-state index in [2.05, 4.69) is 19.2 Å². The van der Waals surface area contributed by atoms with Crippen LogP contribution in [0.15, 0.2) is 18.2 Å². The normalized spacial score (nSPS) is 12.5. The maximum atomic E-state index is 5.95. The first-order valence-corrected chi connectivity index (χ1v) is 6.64. The molecular weight excluding hydrogens is 234 g/mol. The minimum absolute atomic E-state index is 0.157. The predicted molar refractivity (Wildman–Crippen MR) is 74.1 cm³/mol. The molecule has 0 radical (unpaired) electrons. The fourth-order valence-corrected chi connectivity index (χ4v) is 1.73. The first kappa shape index (κ1) is 14.3. The Bertz CT molecular complexity index is 341. The van der Waals surface area contributed by atoms with Crippen LogP contribution in [0.1, 0.15) is 32.3 Å². The molecule has 0 aromatic heterocycles. The largest absolute Gasteiger partial charge is 0.489 e. The van der Waals surface area contributed by atoms with Crippen molar-refractivity contribution in [3.8, 4) is 5.75 Å². The Morgan fingerprint density at radius 1 is 1.41 bits per heavy atom. The number of aryl methyl sites for hydroxylation is 1. The topological polar surface area (TPSA) is 21.3 Å². The van der Waals surface area contributed by atoms with E-state index in [-0.39, 0.29) is 6.10 Å². The lowest BCUT2D eigenvalue weighted by Gasteiger charge is -2.17. The van der Waals surface area contributed by atoms with Gasteiger partial charge in [-0.2, -0.15) is 0 Å². The van der Waals surface area contributed by atoms with E-state index in [0.717, 1.165) is 29.4 Å². The van der Waals surface area contributed by atoms with Crippen molar-refractivity contribution in [3.05, 3.63) is 28.8 Å². The van der Waals surface area contributed by atoms with Crippen LogP contribution in [0.25, 0.3) is 0 Å². The first-order valence-electron chi connectivity index (χ1n) is 6.27. The second-order valence-electron chi connectivity index (χ2n) is 4.40. The van der Waals surface area contributed by atoms with Crippen molar-refractivity contribution in [2.45, 2.75) is 39.7 Å². The minimum Gasteiger partial charge on any atom is -0.489 e. The van der Waals surface area contributed by atoms with E-state index < -0.39 is 0 Å². The third-order valence-corrected chi connectivity index (χ3v) is 2.85. The highest BCUT2D eigenvalue weighted by Crippen LogP contribution is 2.23. The van der Waals surface area contributed by atoms with Crippen LogP contribution < -0.4 is 10.1 Å². The lowest BCUT2D eigenvalue weighted by molar-refractivity contribution is 0.216. The van der Waals surface area contributed by atoms with Gasteiger partial charge < -0.3 is 10.1 Å². The van der Waals surface area contributed by atoms with Crippen LogP contribution in [-0.2, 0) is 0 Å². The van der Waals surface area contributed by atoms with Gasteiger partial charge in [0.1, 0.15) is 11.9 Å². The Balaban J connectivity index is 2.39. The summed E-state index contributed by atoms with van der Waals surface area (Å²) in [6.07, 6.45) is 2.59. The smallest absolute Gasteiger partial charge is 0.124 e. The Morgan fingerprint density at radius 3 is 2.88 bits per heavy atom. The molecule has 0 saturated heterocycles. The fourth-order valence-electron chi connectivity index (χ4n) is 1.57. The summed E-state index contributed by atoms with van der Waals surface area (Å²) in [7, 11) is 0. The number of halogens is 1. The number of nitrogens with one attached hydrogen (secondary N) is 1. The van der Waals surface area contributed by atoms with Crippen molar-refractivity contribution in [1.82, 2.24) is 5.32 Å². The highest BCUT2D eigenvalue weighted by molar-refractivity contribution is 6.30. The summed E-state index contributed by atoms with van der Waals surface area (Å²) in [5.74, 6) is 0.877. The fraction of sp³-hybridized carbons (Fsp3) is 0.571. The standard InChI is InChI=1S/C14H22ClNO/c1-4-5-8-16-10-12(3)17-14-9-13(15)7-6-11(14)2/h6-7,9,12,16H,4-5,8,10H2,1-3H3. The first-order chi connectivity index (χ1) is 8.13. The highest BCUT2D eigenvalue weighted by atomic mass is 35.5. The predicted octanol–water partition coefficient (Wildman–Crippen LogP) is 3.81. The second-order valence-corrected chi connectivity index (χ2v) is 4.83. The van der Waals surface area contributed by atoms with Gasteiger partial charge in [0.2, 0.25) is 0 Å². The van der Waals surface area contributed by atoms with Crippen LogP contribution in [0.4, 0.5) is 0 Å². The lowest BCUT2D eigenvalue weighted by atomic mass is 10.2. The number of hydrogen-bond acceptors (Lipinski definition) is 2. The van der Waals surface area contributed by atoms with E-state index in [0.29, 0.717) is 0 Å². The van der Waals surface area contributed by atoms with E-state index in [1.165, 1.54) is 12.8 Å². The molecule has 1 atom stereocenters. The Labute approximate surface area is 109 Å². The summed E-state index contributed by atoms with van der Waals surface area (Å²) in [6.45, 7) is 8.21. The van der Waals surface area contributed by atoms with E-state index in [1.54, 1.807) is 0 Å². The molecule has 0 amide bonds. The molecule has 1 rings (SSSR count). The van der Waals surface area contributed by atoms with E-state index in [1.807, 2.05) is 25.1 Å². The monoisotopic (exact) mass is 255 g/mol. The molecule has 0 saturated carbocycles. The summed E-state index contributed by atoms with van der Waals surface area (Å²) in [5.41, 5.74) is 1.12. The zero-order chi connectivity index (χ0) is 12.7. The van der Waals surface area contributed by atoms with Gasteiger partial charge in [-0.25, -0.2) is 0 Å². The summed E-state index contributed by atoms with van der Waals surface area (Å²) >= 11 is 5.95. The maximum absolute atomic E-state index is 5.95. The quantitative estimate of drug-likeness (QED) is 0.749. The summed E-state index contributed by atoms with van der Waals surface area (Å²) in [4.78, 5) is 0. The second kappa shape index (κ2) is 7.57. The molecule has 96 valence electrons. The summed E-state index contributed by atoms with van der Waals surface area (Å²) in [5, 5.41) is 4.10. The van der Waals surface area contributed by atoms with Crippen LogP contribution in [0.2, 0.25) is 5.02 Å². The number of ether oxygens (including phenoxy) is 1. The summed E-state index contributed by atoms with van der Waals surface area (Å²) in [6, 6.07) is 5.74. The molecule has 0 fully saturated rings. The van der Waals surface area contributed by atoms with Gasteiger partial charge in [-0.05, 0) is 44.5 Å². The van der Waals surface area contributed by atoms with E-state index >= 15 is 0 Å². The van der Waals surface area contributed by atoms with Gasteiger partial charge in [0.05, 0.1) is 0 Å². The van der Waals surface area contributed by atoms with E-state index in [9.17, 15) is 0 Å². The molecule has 0 heterocycles. The number of hydrogen-bond donors (Lipinski definition) is 1. The Morgan fingerprint density at radius 2 is 2.18 bits per heavy atom. The number of rotatable bonds is 7. The molecule has 1 unspecified atom stereocenters. The number of benzene rings is 1. The molecule has 1 N–H and O–H groups in total. The number of unbranched alkanes of at least 4 members (excludes halogenated alkanes) is 1. The van der Waals surface area contributed by atoms with Gasteiger partial charge >= 0.3 is 0 Å². The average molecular weight is 256 g/mol. The average Bonchev–Trinajstić information content (AvgIpc) is 2.29. The molecule has 0 bridgehead atoms. The molecule has 2 nitrogen and oxygen atoms in total. The summed E-state index contributed by atoms with van der Waals surface area (Å²) < 4.78 is 5.86. The third kappa shape index (κ3) is 5.42. The van der Waals surface area contributed by atoms with Crippen molar-refractivity contribution >= 4 is 11.6 Å². The van der Waals surface area contributed by atoms with Gasteiger partial charge in [-0.15, -0.1) is 0 Å².